The van der Waals surface area contributed by atoms with E-state index in [1.54, 1.807) is 0 Å². The number of hydrogen-bond donors (Lipinski definition) is 2. The van der Waals surface area contributed by atoms with Gasteiger partial charge in [0.25, 0.3) is 5.69 Å². The van der Waals surface area contributed by atoms with Crippen molar-refractivity contribution in [1.29, 1.82) is 0 Å². The van der Waals surface area contributed by atoms with Crippen LogP contribution >= 0.6 is 23.8 Å². The Morgan fingerprint density at radius 1 is 1.31 bits per heavy atom. The van der Waals surface area contributed by atoms with Crippen LogP contribution < -0.4 is 10.6 Å². The van der Waals surface area contributed by atoms with Gasteiger partial charge in [0.15, 0.2) is 5.11 Å². The molecule has 1 aromatic carbocycles. The SMILES string of the molecule is O=[N+]([O-])c1ccc(NC(=S)NCC2(c3cccc(Cl)c3)CCCC2)nc1. The molecule has 136 valence electrons. The molecule has 3 rings (SSSR count). The van der Waals surface area contributed by atoms with E-state index >= 15 is 0 Å². The lowest BCUT2D eigenvalue weighted by atomic mass is 9.79. The molecule has 2 aromatic rings. The van der Waals surface area contributed by atoms with Gasteiger partial charge in [0.1, 0.15) is 12.0 Å². The van der Waals surface area contributed by atoms with Crippen LogP contribution in [0.4, 0.5) is 11.5 Å². The summed E-state index contributed by atoms with van der Waals surface area (Å²) in [5.41, 5.74) is 1.19. The predicted molar refractivity (Wildman–Crippen MR) is 107 cm³/mol. The number of hydrogen-bond acceptors (Lipinski definition) is 4. The van der Waals surface area contributed by atoms with Crippen molar-refractivity contribution in [1.82, 2.24) is 10.3 Å². The second kappa shape index (κ2) is 7.97. The molecule has 0 unspecified atom stereocenters. The Hall–Kier alpha value is -2.25. The maximum atomic E-state index is 10.7. The number of rotatable bonds is 5. The number of nitrogens with zero attached hydrogens (tertiary/aromatic N) is 2. The van der Waals surface area contributed by atoms with Crippen molar-refractivity contribution in [3.8, 4) is 0 Å². The van der Waals surface area contributed by atoms with Crippen LogP contribution in [-0.2, 0) is 5.41 Å². The summed E-state index contributed by atoms with van der Waals surface area (Å²) >= 11 is 11.5. The van der Waals surface area contributed by atoms with E-state index in [9.17, 15) is 10.1 Å². The Morgan fingerprint density at radius 3 is 2.69 bits per heavy atom. The summed E-state index contributed by atoms with van der Waals surface area (Å²) in [6.07, 6.45) is 5.73. The van der Waals surface area contributed by atoms with E-state index in [4.69, 9.17) is 23.8 Å². The molecule has 0 radical (unpaired) electrons. The average Bonchev–Trinajstić information content (AvgIpc) is 3.11. The van der Waals surface area contributed by atoms with Crippen molar-refractivity contribution in [3.05, 3.63) is 63.3 Å². The standard InChI is InChI=1S/C18H19ClN4O2S/c19-14-5-3-4-13(10-14)18(8-1-2-9-18)12-21-17(26)22-16-7-6-15(11-20-16)23(24)25/h3-7,10-11H,1-2,8-9,12H2,(H2,20,21,22,26). The van der Waals surface area contributed by atoms with Crippen molar-refractivity contribution in [2.24, 2.45) is 0 Å². The van der Waals surface area contributed by atoms with Crippen molar-refractivity contribution in [2.75, 3.05) is 11.9 Å². The van der Waals surface area contributed by atoms with E-state index in [2.05, 4.69) is 21.7 Å². The first-order chi connectivity index (χ1) is 12.5. The lowest BCUT2D eigenvalue weighted by Gasteiger charge is -2.30. The molecule has 0 saturated heterocycles. The van der Waals surface area contributed by atoms with Gasteiger partial charge in [-0.3, -0.25) is 10.1 Å². The molecular formula is C18H19ClN4O2S. The molecule has 1 fully saturated rings. The van der Waals surface area contributed by atoms with E-state index in [0.29, 0.717) is 17.5 Å². The number of anilines is 1. The third kappa shape index (κ3) is 4.28. The van der Waals surface area contributed by atoms with Crippen molar-refractivity contribution in [2.45, 2.75) is 31.1 Å². The quantitative estimate of drug-likeness (QED) is 0.446. The Kier molecular flexibility index (Phi) is 5.68. The fourth-order valence-electron chi connectivity index (χ4n) is 3.42. The normalized spacial score (nSPS) is 15.4. The Bertz CT molecular complexity index is 807. The van der Waals surface area contributed by atoms with Crippen LogP contribution in [0, 0.1) is 10.1 Å². The van der Waals surface area contributed by atoms with Crippen molar-refractivity contribution >= 4 is 40.4 Å². The minimum atomic E-state index is -0.484. The largest absolute Gasteiger partial charge is 0.362 e. The lowest BCUT2D eigenvalue weighted by Crippen LogP contribution is -2.40. The number of nitro groups is 1. The van der Waals surface area contributed by atoms with Crippen LogP contribution in [0.5, 0.6) is 0 Å². The smallest absolute Gasteiger partial charge is 0.287 e. The van der Waals surface area contributed by atoms with Gasteiger partial charge in [0, 0.05) is 23.0 Å². The van der Waals surface area contributed by atoms with Crippen LogP contribution in [0.15, 0.2) is 42.6 Å². The highest BCUT2D eigenvalue weighted by atomic mass is 35.5. The molecule has 26 heavy (non-hydrogen) atoms. The molecular weight excluding hydrogens is 372 g/mol. The minimum absolute atomic E-state index is 0.0134. The average molecular weight is 391 g/mol. The summed E-state index contributed by atoms with van der Waals surface area (Å²) in [6.45, 7) is 0.701. The molecule has 0 spiro atoms. The number of pyridine rings is 1. The molecule has 0 amide bonds. The second-order valence-electron chi connectivity index (χ2n) is 6.46. The van der Waals surface area contributed by atoms with Gasteiger partial charge < -0.3 is 10.6 Å². The molecule has 0 aliphatic heterocycles. The first-order valence-electron chi connectivity index (χ1n) is 8.40. The molecule has 1 aliphatic rings. The third-order valence-electron chi connectivity index (χ3n) is 4.79. The van der Waals surface area contributed by atoms with Crippen LogP contribution in [0.3, 0.4) is 0 Å². The first-order valence-corrected chi connectivity index (χ1v) is 9.18. The van der Waals surface area contributed by atoms with E-state index < -0.39 is 4.92 Å². The molecule has 6 nitrogen and oxygen atoms in total. The minimum Gasteiger partial charge on any atom is -0.362 e. The molecule has 8 heteroatoms. The molecule has 1 heterocycles. The molecule has 0 atom stereocenters. The molecule has 1 aromatic heterocycles. The predicted octanol–water partition coefficient (Wildman–Crippen LogP) is 4.44. The number of thiocarbonyl (C=S) groups is 1. The molecule has 1 aliphatic carbocycles. The summed E-state index contributed by atoms with van der Waals surface area (Å²) in [5, 5.41) is 18.1. The van der Waals surface area contributed by atoms with Gasteiger partial charge in [-0.05, 0) is 48.8 Å². The summed E-state index contributed by atoms with van der Waals surface area (Å²) < 4.78 is 0. The summed E-state index contributed by atoms with van der Waals surface area (Å²) in [6, 6.07) is 10.9. The highest BCUT2D eigenvalue weighted by molar-refractivity contribution is 7.80. The van der Waals surface area contributed by atoms with E-state index in [1.165, 1.54) is 36.7 Å². The lowest BCUT2D eigenvalue weighted by molar-refractivity contribution is -0.385. The number of aromatic nitrogens is 1. The summed E-state index contributed by atoms with van der Waals surface area (Å²) in [5.74, 6) is 0.469. The first kappa shape index (κ1) is 18.5. The Labute approximate surface area is 162 Å². The van der Waals surface area contributed by atoms with Crippen LogP contribution in [-0.4, -0.2) is 21.6 Å². The zero-order chi connectivity index (χ0) is 18.6. The topological polar surface area (TPSA) is 80.1 Å². The zero-order valence-electron chi connectivity index (χ0n) is 14.1. The fourth-order valence-corrected chi connectivity index (χ4v) is 3.78. The number of nitrogens with one attached hydrogen (secondary N) is 2. The summed E-state index contributed by atoms with van der Waals surface area (Å²) in [4.78, 5) is 14.2. The zero-order valence-corrected chi connectivity index (χ0v) is 15.6. The third-order valence-corrected chi connectivity index (χ3v) is 5.27. The fraction of sp³-hybridized carbons (Fsp3) is 0.333. The number of halogens is 1. The van der Waals surface area contributed by atoms with Gasteiger partial charge in [-0.15, -0.1) is 0 Å². The monoisotopic (exact) mass is 390 g/mol. The van der Waals surface area contributed by atoms with Gasteiger partial charge in [0.2, 0.25) is 0 Å². The maximum Gasteiger partial charge on any atom is 0.287 e. The second-order valence-corrected chi connectivity index (χ2v) is 7.31. The Morgan fingerprint density at radius 2 is 2.08 bits per heavy atom. The van der Waals surface area contributed by atoms with Gasteiger partial charge in [-0.1, -0.05) is 36.6 Å². The number of benzene rings is 1. The molecule has 0 bridgehead atoms. The van der Waals surface area contributed by atoms with Crippen LogP contribution in [0.25, 0.3) is 0 Å². The Balaban J connectivity index is 1.64. The summed E-state index contributed by atoms with van der Waals surface area (Å²) in [7, 11) is 0. The van der Waals surface area contributed by atoms with Crippen molar-refractivity contribution < 1.29 is 4.92 Å². The van der Waals surface area contributed by atoms with E-state index in [0.717, 1.165) is 17.9 Å². The van der Waals surface area contributed by atoms with Gasteiger partial charge >= 0.3 is 0 Å². The van der Waals surface area contributed by atoms with Crippen LogP contribution in [0.1, 0.15) is 31.2 Å². The maximum absolute atomic E-state index is 10.7. The van der Waals surface area contributed by atoms with E-state index in [1.807, 2.05) is 18.2 Å². The highest BCUT2D eigenvalue weighted by Crippen LogP contribution is 2.41. The molecule has 2 N–H and O–H groups in total. The van der Waals surface area contributed by atoms with Crippen molar-refractivity contribution in [3.63, 3.8) is 0 Å². The van der Waals surface area contributed by atoms with E-state index in [-0.39, 0.29) is 11.1 Å². The van der Waals surface area contributed by atoms with Gasteiger partial charge in [-0.25, -0.2) is 4.98 Å². The van der Waals surface area contributed by atoms with Gasteiger partial charge in [0.05, 0.1) is 4.92 Å². The van der Waals surface area contributed by atoms with Crippen LogP contribution in [0.2, 0.25) is 5.02 Å². The highest BCUT2D eigenvalue weighted by Gasteiger charge is 2.35. The molecule has 1 saturated carbocycles. The van der Waals surface area contributed by atoms with Gasteiger partial charge in [-0.2, -0.15) is 0 Å².